The zero-order chi connectivity index (χ0) is 16.2. The molecular weight excluding hydrogens is 288 g/mol. The van der Waals surface area contributed by atoms with Crippen LogP contribution in [0.25, 0.3) is 0 Å². The van der Waals surface area contributed by atoms with Gasteiger partial charge >= 0.3 is 0 Å². The molecule has 0 radical (unpaired) electrons. The minimum atomic E-state index is -0.644. The van der Waals surface area contributed by atoms with Crippen LogP contribution in [0.5, 0.6) is 23.0 Å². The number of phenols is 3. The Hall–Kier alpha value is -3.02. The Morgan fingerprint density at radius 1 is 0.864 bits per heavy atom. The SMILES string of the molecule is COc1cc(O)cc2c1C(=O)c1c(cc(C)c(O)c1O)C2=O. The molecule has 0 aromatic heterocycles. The van der Waals surface area contributed by atoms with Crippen LogP contribution in [0.1, 0.15) is 37.4 Å². The summed E-state index contributed by atoms with van der Waals surface area (Å²) in [7, 11) is 1.30. The lowest BCUT2D eigenvalue weighted by molar-refractivity contribution is 0.0973. The number of benzene rings is 2. The first-order valence-corrected chi connectivity index (χ1v) is 6.42. The van der Waals surface area contributed by atoms with Gasteiger partial charge in [0.15, 0.2) is 17.3 Å². The Morgan fingerprint density at radius 2 is 1.50 bits per heavy atom. The van der Waals surface area contributed by atoms with Crippen molar-refractivity contribution in [3.05, 3.63) is 46.0 Å². The molecule has 0 heterocycles. The number of carbonyl (C=O) groups is 2. The first-order valence-electron chi connectivity index (χ1n) is 6.42. The molecule has 2 aromatic carbocycles. The van der Waals surface area contributed by atoms with Crippen molar-refractivity contribution >= 4 is 11.6 Å². The van der Waals surface area contributed by atoms with Crippen LogP contribution in [0.3, 0.4) is 0 Å². The van der Waals surface area contributed by atoms with Crippen molar-refractivity contribution in [3.63, 3.8) is 0 Å². The summed E-state index contributed by atoms with van der Waals surface area (Å²) in [5, 5.41) is 29.5. The van der Waals surface area contributed by atoms with E-state index in [0.717, 1.165) is 0 Å². The number of hydrogen-bond donors (Lipinski definition) is 3. The maximum Gasteiger partial charge on any atom is 0.202 e. The lowest BCUT2D eigenvalue weighted by Crippen LogP contribution is -2.22. The van der Waals surface area contributed by atoms with Crippen molar-refractivity contribution in [2.24, 2.45) is 0 Å². The van der Waals surface area contributed by atoms with Gasteiger partial charge in [-0.3, -0.25) is 9.59 Å². The van der Waals surface area contributed by atoms with Gasteiger partial charge in [-0.05, 0) is 24.6 Å². The highest BCUT2D eigenvalue weighted by Crippen LogP contribution is 2.43. The predicted molar refractivity (Wildman–Crippen MR) is 76.0 cm³/mol. The number of ether oxygens (including phenoxy) is 1. The largest absolute Gasteiger partial charge is 0.508 e. The highest BCUT2D eigenvalue weighted by Gasteiger charge is 2.36. The van der Waals surface area contributed by atoms with E-state index in [1.54, 1.807) is 0 Å². The number of hydrogen-bond acceptors (Lipinski definition) is 6. The number of ketones is 2. The molecule has 0 aliphatic heterocycles. The van der Waals surface area contributed by atoms with Crippen LogP contribution in [-0.2, 0) is 0 Å². The van der Waals surface area contributed by atoms with Gasteiger partial charge in [0.2, 0.25) is 5.78 Å². The Balaban J connectivity index is 2.40. The topological polar surface area (TPSA) is 104 Å². The Bertz CT molecular complexity index is 850. The number of fused-ring (bicyclic) bond motifs is 2. The Labute approximate surface area is 125 Å². The second kappa shape index (κ2) is 4.49. The normalized spacial score (nSPS) is 12.8. The van der Waals surface area contributed by atoms with Crippen molar-refractivity contribution in [3.8, 4) is 23.0 Å². The average molecular weight is 300 g/mol. The van der Waals surface area contributed by atoms with Gasteiger partial charge in [-0.1, -0.05) is 0 Å². The molecule has 22 heavy (non-hydrogen) atoms. The first-order chi connectivity index (χ1) is 10.4. The summed E-state index contributed by atoms with van der Waals surface area (Å²) in [6, 6.07) is 3.73. The van der Waals surface area contributed by atoms with Crippen LogP contribution >= 0.6 is 0 Å². The summed E-state index contributed by atoms with van der Waals surface area (Å²) >= 11 is 0. The molecule has 112 valence electrons. The second-order valence-electron chi connectivity index (χ2n) is 5.04. The number of aromatic hydroxyl groups is 3. The van der Waals surface area contributed by atoms with Crippen LogP contribution in [-0.4, -0.2) is 34.0 Å². The van der Waals surface area contributed by atoms with Crippen molar-refractivity contribution < 1.29 is 29.6 Å². The fraction of sp³-hybridized carbons (Fsp3) is 0.125. The molecule has 0 atom stereocenters. The zero-order valence-electron chi connectivity index (χ0n) is 11.8. The van der Waals surface area contributed by atoms with E-state index in [2.05, 4.69) is 0 Å². The standard InChI is InChI=1S/C16H12O6/c1-6-3-8-12(16(21)13(6)18)15(20)11-9(14(8)19)4-7(17)5-10(11)22-2/h3-5,17-18,21H,1-2H3. The zero-order valence-corrected chi connectivity index (χ0v) is 11.8. The Kier molecular flexibility index (Phi) is 2.84. The molecule has 1 aliphatic carbocycles. The maximum atomic E-state index is 12.6. The first kappa shape index (κ1) is 13.9. The van der Waals surface area contributed by atoms with E-state index >= 15 is 0 Å². The van der Waals surface area contributed by atoms with E-state index in [0.29, 0.717) is 0 Å². The predicted octanol–water partition coefficient (Wildman–Crippen LogP) is 1.90. The fourth-order valence-electron chi connectivity index (χ4n) is 2.64. The molecule has 0 spiro atoms. The van der Waals surface area contributed by atoms with E-state index in [1.807, 2.05) is 0 Å². The van der Waals surface area contributed by atoms with E-state index in [4.69, 9.17) is 4.74 Å². The maximum absolute atomic E-state index is 12.6. The van der Waals surface area contributed by atoms with Gasteiger partial charge in [-0.15, -0.1) is 0 Å². The molecule has 2 aromatic rings. The lowest BCUT2D eigenvalue weighted by Gasteiger charge is -2.21. The second-order valence-corrected chi connectivity index (χ2v) is 5.04. The molecule has 6 nitrogen and oxygen atoms in total. The van der Waals surface area contributed by atoms with E-state index < -0.39 is 23.1 Å². The van der Waals surface area contributed by atoms with Gasteiger partial charge < -0.3 is 20.1 Å². The smallest absolute Gasteiger partial charge is 0.202 e. The molecule has 0 fully saturated rings. The monoisotopic (exact) mass is 300 g/mol. The van der Waals surface area contributed by atoms with Crippen LogP contribution in [0, 0.1) is 6.92 Å². The van der Waals surface area contributed by atoms with Crippen molar-refractivity contribution in [2.45, 2.75) is 6.92 Å². The van der Waals surface area contributed by atoms with Gasteiger partial charge in [-0.2, -0.15) is 0 Å². The minimum Gasteiger partial charge on any atom is -0.508 e. The summed E-state index contributed by atoms with van der Waals surface area (Å²) in [4.78, 5) is 25.2. The third-order valence-corrected chi connectivity index (χ3v) is 3.72. The lowest BCUT2D eigenvalue weighted by atomic mass is 9.82. The van der Waals surface area contributed by atoms with Gasteiger partial charge in [0.05, 0.1) is 18.2 Å². The quantitative estimate of drug-likeness (QED) is 0.593. The molecule has 0 bridgehead atoms. The van der Waals surface area contributed by atoms with Crippen LogP contribution in [0.4, 0.5) is 0 Å². The van der Waals surface area contributed by atoms with Crippen LogP contribution in [0.2, 0.25) is 0 Å². The highest BCUT2D eigenvalue weighted by molar-refractivity contribution is 6.30. The van der Waals surface area contributed by atoms with Crippen molar-refractivity contribution in [1.82, 2.24) is 0 Å². The average Bonchev–Trinajstić information content (AvgIpc) is 2.48. The number of phenolic OH excluding ortho intramolecular Hbond substituents is 3. The summed E-state index contributed by atoms with van der Waals surface area (Å²) < 4.78 is 5.04. The van der Waals surface area contributed by atoms with Gasteiger partial charge in [-0.25, -0.2) is 0 Å². The number of aryl methyl sites for hydroxylation is 1. The number of rotatable bonds is 1. The summed E-state index contributed by atoms with van der Waals surface area (Å²) in [5.41, 5.74) is -0.0503. The molecule has 0 amide bonds. The van der Waals surface area contributed by atoms with Crippen molar-refractivity contribution in [1.29, 1.82) is 0 Å². The van der Waals surface area contributed by atoms with Crippen molar-refractivity contribution in [2.75, 3.05) is 7.11 Å². The molecule has 0 saturated heterocycles. The molecule has 1 aliphatic rings. The molecule has 3 N–H and O–H groups in total. The minimum absolute atomic E-state index is 0.00107. The third kappa shape index (κ3) is 1.67. The van der Waals surface area contributed by atoms with E-state index in [1.165, 1.54) is 32.2 Å². The summed E-state index contributed by atoms with van der Waals surface area (Å²) in [6.07, 6.45) is 0. The molecule has 3 rings (SSSR count). The summed E-state index contributed by atoms with van der Waals surface area (Å²) in [5.74, 6) is -2.43. The van der Waals surface area contributed by atoms with Crippen LogP contribution in [0.15, 0.2) is 18.2 Å². The van der Waals surface area contributed by atoms with Gasteiger partial charge in [0.1, 0.15) is 11.5 Å². The van der Waals surface area contributed by atoms with E-state index in [9.17, 15) is 24.9 Å². The highest BCUT2D eigenvalue weighted by atomic mass is 16.5. The van der Waals surface area contributed by atoms with Gasteiger partial charge in [0.25, 0.3) is 0 Å². The molecule has 0 unspecified atom stereocenters. The third-order valence-electron chi connectivity index (χ3n) is 3.72. The van der Waals surface area contributed by atoms with Crippen LogP contribution < -0.4 is 4.74 Å². The molecular formula is C16H12O6. The molecule has 6 heteroatoms. The fourth-order valence-corrected chi connectivity index (χ4v) is 2.64. The van der Waals surface area contributed by atoms with Gasteiger partial charge in [0, 0.05) is 17.2 Å². The number of methoxy groups -OCH3 is 1. The summed E-state index contributed by atoms with van der Waals surface area (Å²) in [6.45, 7) is 1.51. The Morgan fingerprint density at radius 3 is 2.14 bits per heavy atom. The number of carbonyl (C=O) groups excluding carboxylic acids is 2. The molecule has 0 saturated carbocycles. The van der Waals surface area contributed by atoms with E-state index in [-0.39, 0.29) is 39.3 Å².